The minimum atomic E-state index is -0.675. The van der Waals surface area contributed by atoms with E-state index in [1.807, 2.05) is 44.4 Å². The van der Waals surface area contributed by atoms with Crippen LogP contribution in [0, 0.1) is 11.6 Å². The van der Waals surface area contributed by atoms with Crippen LogP contribution in [0.3, 0.4) is 0 Å². The van der Waals surface area contributed by atoms with Crippen molar-refractivity contribution in [3.63, 3.8) is 0 Å². The molecule has 1 N–H and O–H groups in total. The topological polar surface area (TPSA) is 107 Å². The fourth-order valence-electron chi connectivity index (χ4n) is 6.59. The van der Waals surface area contributed by atoms with Gasteiger partial charge in [-0.15, -0.1) is 0 Å². The summed E-state index contributed by atoms with van der Waals surface area (Å²) in [5, 5.41) is 2.99. The molecule has 1 aliphatic rings. The lowest BCUT2D eigenvalue weighted by Crippen LogP contribution is -2.45. The van der Waals surface area contributed by atoms with Crippen LogP contribution in [0.15, 0.2) is 94.9 Å². The Balaban J connectivity index is 1.16. The molecule has 6 aromatic rings. The van der Waals surface area contributed by atoms with Crippen molar-refractivity contribution in [2.75, 3.05) is 20.6 Å². The Morgan fingerprint density at radius 1 is 0.918 bits per heavy atom. The highest BCUT2D eigenvalue weighted by Crippen LogP contribution is 2.28. The first-order chi connectivity index (χ1) is 23.6. The van der Waals surface area contributed by atoms with E-state index in [9.17, 15) is 23.2 Å². The number of aromatic nitrogens is 5. The summed E-state index contributed by atoms with van der Waals surface area (Å²) in [6, 6.07) is 18.9. The fraction of sp³-hybridized carbons (Fsp3) is 0.270. The Labute approximate surface area is 280 Å². The molecule has 0 aliphatic heterocycles. The van der Waals surface area contributed by atoms with Gasteiger partial charge in [-0.25, -0.2) is 28.1 Å². The van der Waals surface area contributed by atoms with E-state index in [4.69, 9.17) is 0 Å². The molecule has 0 spiro atoms. The zero-order chi connectivity index (χ0) is 34.2. The van der Waals surface area contributed by atoms with Crippen LogP contribution < -0.4 is 16.6 Å². The average Bonchev–Trinajstić information content (AvgIpc) is 3.52. The second-order valence-corrected chi connectivity index (χ2v) is 12.8. The molecule has 4 heterocycles. The van der Waals surface area contributed by atoms with E-state index in [1.165, 1.54) is 43.6 Å². The average molecular weight is 664 g/mol. The first-order valence-corrected chi connectivity index (χ1v) is 16.3. The maximum absolute atomic E-state index is 14.5. The summed E-state index contributed by atoms with van der Waals surface area (Å²) in [4.78, 5) is 51.6. The molecule has 250 valence electrons. The van der Waals surface area contributed by atoms with Gasteiger partial charge < -0.3 is 14.6 Å². The molecule has 1 saturated carbocycles. The first kappa shape index (κ1) is 32.1. The Kier molecular flexibility index (Phi) is 8.64. The summed E-state index contributed by atoms with van der Waals surface area (Å²) in [5.41, 5.74) is 3.11. The van der Waals surface area contributed by atoms with E-state index in [1.54, 1.807) is 6.07 Å². The number of likely N-dealkylation sites (N-methyl/N-ethyl adjacent to an activating group) is 1. The van der Waals surface area contributed by atoms with Crippen molar-refractivity contribution in [3.05, 3.63) is 129 Å². The molecule has 49 heavy (non-hydrogen) atoms. The molecule has 1 amide bonds. The highest BCUT2D eigenvalue weighted by atomic mass is 19.1. The molecule has 12 heteroatoms. The summed E-state index contributed by atoms with van der Waals surface area (Å²) in [7, 11) is 4.08. The number of pyridine rings is 2. The van der Waals surface area contributed by atoms with Gasteiger partial charge in [-0.3, -0.25) is 14.2 Å². The smallest absolute Gasteiger partial charge is 0.337 e. The monoisotopic (exact) mass is 663 g/mol. The second kappa shape index (κ2) is 13.2. The van der Waals surface area contributed by atoms with Crippen molar-refractivity contribution in [1.82, 2.24) is 33.7 Å². The van der Waals surface area contributed by atoms with Crippen molar-refractivity contribution >= 4 is 22.6 Å². The van der Waals surface area contributed by atoms with E-state index < -0.39 is 28.9 Å². The number of amides is 1. The highest BCUT2D eigenvalue weighted by Gasteiger charge is 2.28. The Morgan fingerprint density at radius 3 is 2.45 bits per heavy atom. The van der Waals surface area contributed by atoms with Crippen LogP contribution in [0.4, 0.5) is 8.78 Å². The maximum atomic E-state index is 14.5. The van der Waals surface area contributed by atoms with Gasteiger partial charge in [0.25, 0.3) is 11.5 Å². The molecule has 0 bridgehead atoms. The standard InChI is InChI=1S/C37H35F2N7O3/c1-43(2)17-16-23-6-8-24(9-7-23)25-4-3-5-30(18-25)45-34-31(19-27(39)20-40-34)36(48)46(37(45)49)29-13-11-28(12-14-29)41-35(47)32-22-44-21-26(38)10-15-33(44)42-32/h3-10,15,18-22,28-29H,11-14,16-17H2,1-2H3,(H,41,47)/t28-,29+. The van der Waals surface area contributed by atoms with Gasteiger partial charge >= 0.3 is 5.69 Å². The summed E-state index contributed by atoms with van der Waals surface area (Å²) >= 11 is 0. The summed E-state index contributed by atoms with van der Waals surface area (Å²) in [5.74, 6) is -1.50. The Morgan fingerprint density at radius 2 is 1.69 bits per heavy atom. The number of nitrogens with one attached hydrogen (secondary N) is 1. The van der Waals surface area contributed by atoms with Crippen molar-refractivity contribution < 1.29 is 13.6 Å². The molecule has 10 nitrogen and oxygen atoms in total. The van der Waals surface area contributed by atoms with Gasteiger partial charge in [0.1, 0.15) is 23.0 Å². The van der Waals surface area contributed by atoms with Gasteiger partial charge in [-0.1, -0.05) is 36.4 Å². The van der Waals surface area contributed by atoms with E-state index in [0.29, 0.717) is 37.0 Å². The van der Waals surface area contributed by atoms with Gasteiger partial charge in [0, 0.05) is 31.0 Å². The van der Waals surface area contributed by atoms with Crippen LogP contribution in [0.2, 0.25) is 0 Å². The van der Waals surface area contributed by atoms with E-state index in [0.717, 1.165) is 36.4 Å². The van der Waals surface area contributed by atoms with Crippen molar-refractivity contribution in [2.45, 2.75) is 44.2 Å². The molecule has 0 atom stereocenters. The summed E-state index contributed by atoms with van der Waals surface area (Å²) in [6.07, 6.45) is 6.53. The number of fused-ring (bicyclic) bond motifs is 2. The summed E-state index contributed by atoms with van der Waals surface area (Å²) < 4.78 is 32.1. The number of hydrogen-bond acceptors (Lipinski definition) is 6. The first-order valence-electron chi connectivity index (χ1n) is 16.3. The number of halogens is 2. The molecular weight excluding hydrogens is 628 g/mol. The third kappa shape index (κ3) is 6.51. The molecule has 0 radical (unpaired) electrons. The number of hydrogen-bond donors (Lipinski definition) is 1. The lowest BCUT2D eigenvalue weighted by molar-refractivity contribution is 0.0917. The zero-order valence-electron chi connectivity index (χ0n) is 27.1. The van der Waals surface area contributed by atoms with Crippen molar-refractivity contribution in [2.24, 2.45) is 0 Å². The largest absolute Gasteiger partial charge is 0.348 e. The minimum Gasteiger partial charge on any atom is -0.348 e. The van der Waals surface area contributed by atoms with Gasteiger partial charge in [0.2, 0.25) is 0 Å². The minimum absolute atomic E-state index is 0.00830. The van der Waals surface area contributed by atoms with Crippen molar-refractivity contribution in [1.29, 1.82) is 0 Å². The molecule has 4 aromatic heterocycles. The van der Waals surface area contributed by atoms with Crippen LogP contribution in [0.5, 0.6) is 0 Å². The Hall–Kier alpha value is -5.49. The number of carbonyl (C=O) groups is 1. The molecular formula is C37H35F2N7O3. The number of carbonyl (C=O) groups excluding carboxylic acids is 1. The number of benzene rings is 2. The third-order valence-electron chi connectivity index (χ3n) is 9.18. The van der Waals surface area contributed by atoms with Crippen LogP contribution in [-0.2, 0) is 6.42 Å². The van der Waals surface area contributed by atoms with Crippen LogP contribution in [-0.4, -0.2) is 61.0 Å². The number of rotatable bonds is 8. The molecule has 0 unspecified atom stereocenters. The van der Waals surface area contributed by atoms with Crippen LogP contribution in [0.1, 0.15) is 47.8 Å². The highest BCUT2D eigenvalue weighted by molar-refractivity contribution is 5.93. The van der Waals surface area contributed by atoms with E-state index in [-0.39, 0.29) is 28.7 Å². The fourth-order valence-corrected chi connectivity index (χ4v) is 6.59. The Bertz CT molecular complexity index is 2300. The molecule has 7 rings (SSSR count). The predicted molar refractivity (Wildman–Crippen MR) is 183 cm³/mol. The predicted octanol–water partition coefficient (Wildman–Crippen LogP) is 5.16. The SMILES string of the molecule is CN(C)CCc1ccc(-c2cccc(-n3c(=O)n([C@H]4CC[C@@H](NC(=O)c5cn6cc(F)ccc6n5)CC4)c(=O)c4cc(F)cnc43)c2)cc1. The van der Waals surface area contributed by atoms with Gasteiger partial charge in [-0.05, 0) is 93.2 Å². The van der Waals surface area contributed by atoms with Gasteiger partial charge in [-0.2, -0.15) is 0 Å². The zero-order valence-corrected chi connectivity index (χ0v) is 27.1. The maximum Gasteiger partial charge on any atom is 0.337 e. The van der Waals surface area contributed by atoms with Crippen LogP contribution in [0.25, 0.3) is 33.5 Å². The van der Waals surface area contributed by atoms with E-state index >= 15 is 0 Å². The third-order valence-corrected chi connectivity index (χ3v) is 9.18. The number of nitrogens with zero attached hydrogens (tertiary/aromatic N) is 6. The summed E-state index contributed by atoms with van der Waals surface area (Å²) in [6.45, 7) is 0.941. The lowest BCUT2D eigenvalue weighted by atomic mass is 9.90. The van der Waals surface area contributed by atoms with Gasteiger partial charge in [0.05, 0.1) is 17.3 Å². The van der Waals surface area contributed by atoms with Crippen LogP contribution >= 0.6 is 0 Å². The molecule has 1 aliphatic carbocycles. The second-order valence-electron chi connectivity index (χ2n) is 12.8. The lowest BCUT2D eigenvalue weighted by Gasteiger charge is -2.30. The van der Waals surface area contributed by atoms with Crippen molar-refractivity contribution in [3.8, 4) is 16.8 Å². The molecule has 2 aromatic carbocycles. The normalized spacial score (nSPS) is 16.4. The molecule has 1 fully saturated rings. The van der Waals surface area contributed by atoms with E-state index in [2.05, 4.69) is 32.3 Å². The molecule has 0 saturated heterocycles. The van der Waals surface area contributed by atoms with Gasteiger partial charge in [0.15, 0.2) is 5.65 Å². The number of imidazole rings is 1. The quantitative estimate of drug-likeness (QED) is 0.241.